The maximum absolute atomic E-state index is 4.78. The van der Waals surface area contributed by atoms with Crippen LogP contribution in [0.25, 0.3) is 11.0 Å². The van der Waals surface area contributed by atoms with Gasteiger partial charge in [0.05, 0.1) is 17.9 Å². The van der Waals surface area contributed by atoms with E-state index >= 15 is 0 Å². The molecule has 4 heterocycles. The standard InChI is InChI=1S/C16H15N10/c1-24-10-12(8-18-24)26-6-5-17-9-15(26)20-16(22-26)19-11-3-4-13-14(7-11)25(2)23-21-13/h3-10H,1-2H3,(H,19,22)/q+1. The molecule has 2 aliphatic heterocycles. The number of hydrogen-bond donors (Lipinski definition) is 1. The zero-order valence-corrected chi connectivity index (χ0v) is 14.1. The van der Waals surface area contributed by atoms with Gasteiger partial charge < -0.3 is 5.32 Å². The number of nitrogens with one attached hydrogen (secondary N) is 1. The molecule has 1 N–H and O–H groups in total. The molecule has 0 saturated heterocycles. The Hall–Kier alpha value is -3.66. The predicted octanol–water partition coefficient (Wildman–Crippen LogP) is 1.36. The molecule has 0 spiro atoms. The lowest BCUT2D eigenvalue weighted by Crippen LogP contribution is -2.44. The largest absolute Gasteiger partial charge is 0.320 e. The van der Waals surface area contributed by atoms with Gasteiger partial charge in [-0.05, 0) is 23.3 Å². The second-order valence-electron chi connectivity index (χ2n) is 6.07. The van der Waals surface area contributed by atoms with E-state index in [1.807, 2.05) is 44.7 Å². The first-order valence-corrected chi connectivity index (χ1v) is 7.99. The highest BCUT2D eigenvalue weighted by Gasteiger charge is 2.43. The molecule has 0 amide bonds. The van der Waals surface area contributed by atoms with Crippen LogP contribution in [0.15, 0.2) is 58.1 Å². The highest BCUT2D eigenvalue weighted by molar-refractivity contribution is 6.38. The number of rotatable bonds is 2. The Bertz CT molecular complexity index is 1140. The molecule has 1 atom stereocenters. The number of nitrogens with zero attached hydrogens (tertiary/aromatic N) is 9. The number of amidine groups is 1. The third kappa shape index (κ3) is 2.09. The summed E-state index contributed by atoms with van der Waals surface area (Å²) < 4.78 is 3.57. The first-order valence-electron chi connectivity index (χ1n) is 7.99. The number of hydrogen-bond acceptors (Lipinski definition) is 7. The lowest BCUT2D eigenvalue weighted by atomic mass is 10.3. The van der Waals surface area contributed by atoms with Crippen molar-refractivity contribution in [3.8, 4) is 0 Å². The fourth-order valence-electron chi connectivity index (χ4n) is 3.03. The molecule has 0 aliphatic carbocycles. The van der Waals surface area contributed by atoms with Gasteiger partial charge in [-0.15, -0.1) is 5.10 Å². The van der Waals surface area contributed by atoms with Crippen LogP contribution < -0.4 is 9.91 Å². The molecule has 2 aromatic heterocycles. The smallest absolute Gasteiger partial charge is 0.287 e. The van der Waals surface area contributed by atoms with E-state index in [-0.39, 0.29) is 4.59 Å². The molecule has 10 nitrogen and oxygen atoms in total. The van der Waals surface area contributed by atoms with Gasteiger partial charge in [-0.25, -0.2) is 4.68 Å². The maximum Gasteiger partial charge on any atom is 0.287 e. The summed E-state index contributed by atoms with van der Waals surface area (Å²) in [4.78, 5) is 8.79. The van der Waals surface area contributed by atoms with Gasteiger partial charge in [0.1, 0.15) is 17.9 Å². The van der Waals surface area contributed by atoms with Crippen molar-refractivity contribution < 1.29 is 0 Å². The van der Waals surface area contributed by atoms with Gasteiger partial charge in [0.2, 0.25) is 5.69 Å². The molecule has 0 saturated carbocycles. The molecule has 0 fully saturated rings. The summed E-state index contributed by atoms with van der Waals surface area (Å²) in [5.74, 6) is 1.20. The molecule has 0 bridgehead atoms. The fourth-order valence-corrected chi connectivity index (χ4v) is 3.03. The van der Waals surface area contributed by atoms with Gasteiger partial charge in [0.25, 0.3) is 11.8 Å². The van der Waals surface area contributed by atoms with E-state index in [0.29, 0.717) is 11.8 Å². The van der Waals surface area contributed by atoms with Crippen LogP contribution in [0.5, 0.6) is 0 Å². The van der Waals surface area contributed by atoms with E-state index < -0.39 is 0 Å². The van der Waals surface area contributed by atoms with Crippen LogP contribution in [-0.2, 0) is 14.1 Å². The number of fused-ring (bicyclic) bond motifs is 2. The van der Waals surface area contributed by atoms with E-state index in [9.17, 15) is 0 Å². The first kappa shape index (κ1) is 14.7. The van der Waals surface area contributed by atoms with E-state index in [1.54, 1.807) is 28.0 Å². The van der Waals surface area contributed by atoms with Gasteiger partial charge in [0.15, 0.2) is 6.20 Å². The summed E-state index contributed by atoms with van der Waals surface area (Å²) in [7, 11) is 3.73. The van der Waals surface area contributed by atoms with E-state index in [4.69, 9.17) is 5.10 Å². The average Bonchev–Trinajstić information content (AvgIpc) is 3.33. The number of aryl methyl sites for hydroxylation is 2. The van der Waals surface area contributed by atoms with Crippen molar-refractivity contribution >= 4 is 40.4 Å². The molecule has 2 aliphatic rings. The summed E-state index contributed by atoms with van der Waals surface area (Å²) in [6.45, 7) is 0. The topological polar surface area (TPSA) is 97.6 Å². The molecule has 0 radical (unpaired) electrons. The Morgan fingerprint density at radius 1 is 1.19 bits per heavy atom. The second-order valence-corrected chi connectivity index (χ2v) is 6.07. The molecule has 3 aromatic rings. The number of aliphatic imine (C=N–C) groups is 2. The number of aromatic nitrogens is 5. The van der Waals surface area contributed by atoms with Gasteiger partial charge >= 0.3 is 0 Å². The molecule has 128 valence electrons. The van der Waals surface area contributed by atoms with Crippen LogP contribution in [0.1, 0.15) is 0 Å². The zero-order valence-electron chi connectivity index (χ0n) is 14.1. The van der Waals surface area contributed by atoms with Crippen LogP contribution in [0.3, 0.4) is 0 Å². The third-order valence-electron chi connectivity index (χ3n) is 4.33. The summed E-state index contributed by atoms with van der Waals surface area (Å²) >= 11 is 0. The minimum Gasteiger partial charge on any atom is -0.320 e. The number of quaternary nitrogens is 1. The van der Waals surface area contributed by atoms with Crippen LogP contribution in [0.2, 0.25) is 0 Å². The maximum atomic E-state index is 4.78. The zero-order chi connectivity index (χ0) is 17.7. The van der Waals surface area contributed by atoms with E-state index in [0.717, 1.165) is 22.4 Å². The molecular weight excluding hydrogens is 332 g/mol. The number of anilines is 1. The van der Waals surface area contributed by atoms with Crippen LogP contribution in [-0.4, -0.2) is 42.8 Å². The molecule has 1 unspecified atom stereocenters. The molecular formula is C16H15N10+. The number of benzene rings is 1. The quantitative estimate of drug-likeness (QED) is 0.708. The van der Waals surface area contributed by atoms with E-state index in [1.165, 1.54) is 0 Å². The van der Waals surface area contributed by atoms with Crippen molar-refractivity contribution in [1.29, 1.82) is 0 Å². The Kier molecular flexibility index (Phi) is 2.91. The Labute approximate surface area is 148 Å². The van der Waals surface area contributed by atoms with Crippen molar-refractivity contribution in [1.82, 2.24) is 29.4 Å². The molecule has 26 heavy (non-hydrogen) atoms. The summed E-state index contributed by atoms with van der Waals surface area (Å²) in [5.41, 5.74) is 3.51. The predicted molar refractivity (Wildman–Crippen MR) is 99.6 cm³/mol. The summed E-state index contributed by atoms with van der Waals surface area (Å²) in [5, 5.41) is 20.4. The van der Waals surface area contributed by atoms with Crippen molar-refractivity contribution in [2.75, 3.05) is 5.32 Å². The lowest BCUT2D eigenvalue weighted by Gasteiger charge is -2.21. The van der Waals surface area contributed by atoms with Crippen molar-refractivity contribution in [3.05, 3.63) is 43.0 Å². The Morgan fingerprint density at radius 3 is 2.96 bits per heavy atom. The van der Waals surface area contributed by atoms with Gasteiger partial charge in [-0.1, -0.05) is 9.81 Å². The average molecular weight is 347 g/mol. The Morgan fingerprint density at radius 2 is 2.12 bits per heavy atom. The van der Waals surface area contributed by atoms with Crippen molar-refractivity contribution in [2.45, 2.75) is 0 Å². The monoisotopic (exact) mass is 347 g/mol. The normalized spacial score (nSPS) is 21.0. The van der Waals surface area contributed by atoms with Crippen LogP contribution in [0, 0.1) is 0 Å². The Balaban J connectivity index is 1.55. The SMILES string of the molecule is Cn1cc([N+]23C=CN=CC2=NC(Nc2ccc4nnn(C)c4c2)=N3)cn1. The van der Waals surface area contributed by atoms with Crippen molar-refractivity contribution in [2.24, 2.45) is 29.2 Å². The molecule has 1 aromatic carbocycles. The highest BCUT2D eigenvalue weighted by atomic mass is 15.7. The van der Waals surface area contributed by atoms with Crippen LogP contribution >= 0.6 is 0 Å². The fraction of sp³-hybridized carbons (Fsp3) is 0.125. The number of guanidine groups is 1. The molecule has 10 heteroatoms. The van der Waals surface area contributed by atoms with Crippen LogP contribution in [0.4, 0.5) is 11.4 Å². The second kappa shape index (κ2) is 5.17. The van der Waals surface area contributed by atoms with Gasteiger partial charge in [-0.2, -0.15) is 10.1 Å². The lowest BCUT2D eigenvalue weighted by molar-refractivity contribution is 0.591. The van der Waals surface area contributed by atoms with E-state index in [2.05, 4.69) is 30.7 Å². The first-order chi connectivity index (χ1) is 12.6. The van der Waals surface area contributed by atoms with Crippen molar-refractivity contribution in [3.63, 3.8) is 0 Å². The minimum atomic E-state index is 0.106. The minimum absolute atomic E-state index is 0.106. The summed E-state index contributed by atoms with van der Waals surface area (Å²) in [6, 6.07) is 5.80. The van der Waals surface area contributed by atoms with Gasteiger partial charge in [0, 0.05) is 19.8 Å². The summed E-state index contributed by atoms with van der Waals surface area (Å²) in [6.07, 6.45) is 8.99. The molecule has 5 rings (SSSR count). The van der Waals surface area contributed by atoms with Gasteiger partial charge in [-0.3, -0.25) is 9.67 Å². The highest BCUT2D eigenvalue weighted by Crippen LogP contribution is 2.30. The third-order valence-corrected chi connectivity index (χ3v) is 4.33.